The Labute approximate surface area is 133 Å². The van der Waals surface area contributed by atoms with Crippen LogP contribution in [0.1, 0.15) is 47.3 Å². The predicted octanol–water partition coefficient (Wildman–Crippen LogP) is 2.02. The summed E-state index contributed by atoms with van der Waals surface area (Å²) in [5, 5.41) is 4.67. The highest BCUT2D eigenvalue weighted by Gasteiger charge is 2.24. The summed E-state index contributed by atoms with van der Waals surface area (Å²) >= 11 is 1.42. The predicted molar refractivity (Wildman–Crippen MR) is 83.0 cm³/mol. The molecule has 0 radical (unpaired) electrons. The summed E-state index contributed by atoms with van der Waals surface area (Å²) in [6.07, 6.45) is 2.09. The van der Waals surface area contributed by atoms with Gasteiger partial charge >= 0.3 is 12.0 Å². The van der Waals surface area contributed by atoms with Gasteiger partial charge in [0.25, 0.3) is 5.91 Å². The Balaban J connectivity index is 1.87. The lowest BCUT2D eigenvalue weighted by atomic mass is 10.2. The van der Waals surface area contributed by atoms with Gasteiger partial charge in [-0.25, -0.2) is 9.59 Å². The Morgan fingerprint density at radius 3 is 2.59 bits per heavy atom. The molecule has 6 nitrogen and oxygen atoms in total. The van der Waals surface area contributed by atoms with Crippen molar-refractivity contribution in [2.24, 2.45) is 0 Å². The minimum absolute atomic E-state index is 0.0841. The maximum Gasteiger partial charge on any atom is 0.349 e. The summed E-state index contributed by atoms with van der Waals surface area (Å²) in [7, 11) is 0. The molecule has 0 fully saturated rings. The Bertz CT molecular complexity index is 573. The molecule has 0 saturated heterocycles. The molecule has 2 rings (SSSR count). The van der Waals surface area contributed by atoms with Crippen molar-refractivity contribution in [1.82, 2.24) is 10.6 Å². The van der Waals surface area contributed by atoms with Crippen LogP contribution < -0.4 is 10.6 Å². The standard InChI is InChI=1S/C15H20N2O4S/c1-8(2)16-15(20)17-13(18)9(3)21-14(19)12-7-10-5-4-6-11(10)22-12/h7-9H,4-6H2,1-3H3,(H2,16,17,18,20)/t9-/m1/s1. The fourth-order valence-corrected chi connectivity index (χ4v) is 3.35. The number of imide groups is 1. The number of thiophene rings is 1. The summed E-state index contributed by atoms with van der Waals surface area (Å²) < 4.78 is 5.12. The quantitative estimate of drug-likeness (QED) is 0.830. The largest absolute Gasteiger partial charge is 0.448 e. The zero-order chi connectivity index (χ0) is 16.3. The van der Waals surface area contributed by atoms with E-state index in [1.165, 1.54) is 28.7 Å². The first-order valence-electron chi connectivity index (χ1n) is 7.30. The van der Waals surface area contributed by atoms with Gasteiger partial charge in [0.05, 0.1) is 0 Å². The number of nitrogens with one attached hydrogen (secondary N) is 2. The van der Waals surface area contributed by atoms with Crippen molar-refractivity contribution in [2.45, 2.75) is 52.2 Å². The molecule has 0 unspecified atom stereocenters. The van der Waals surface area contributed by atoms with Crippen molar-refractivity contribution in [1.29, 1.82) is 0 Å². The van der Waals surface area contributed by atoms with Crippen LogP contribution in [-0.4, -0.2) is 30.1 Å². The third kappa shape index (κ3) is 4.07. The maximum atomic E-state index is 12.0. The third-order valence-corrected chi connectivity index (χ3v) is 4.47. The molecule has 1 aromatic heterocycles. The number of carbonyl (C=O) groups is 3. The number of hydrogen-bond donors (Lipinski definition) is 2. The van der Waals surface area contributed by atoms with Crippen molar-refractivity contribution in [3.8, 4) is 0 Å². The Hall–Kier alpha value is -1.89. The van der Waals surface area contributed by atoms with Crippen LogP contribution in [0.15, 0.2) is 6.07 Å². The summed E-state index contributed by atoms with van der Waals surface area (Å²) in [6.45, 7) is 5.00. The highest BCUT2D eigenvalue weighted by Crippen LogP contribution is 2.31. The van der Waals surface area contributed by atoms with Gasteiger partial charge in [-0.15, -0.1) is 11.3 Å². The van der Waals surface area contributed by atoms with Gasteiger partial charge in [-0.1, -0.05) is 0 Å². The van der Waals surface area contributed by atoms with Gasteiger partial charge in [0.2, 0.25) is 0 Å². The van der Waals surface area contributed by atoms with Gasteiger partial charge in [0.15, 0.2) is 6.10 Å². The number of amides is 3. The highest BCUT2D eigenvalue weighted by molar-refractivity contribution is 7.14. The zero-order valence-electron chi connectivity index (χ0n) is 12.9. The Morgan fingerprint density at radius 2 is 1.95 bits per heavy atom. The lowest BCUT2D eigenvalue weighted by Crippen LogP contribution is -2.46. The first-order chi connectivity index (χ1) is 10.4. The van der Waals surface area contributed by atoms with E-state index in [0.29, 0.717) is 4.88 Å². The molecule has 1 aliphatic rings. The van der Waals surface area contributed by atoms with Crippen LogP contribution >= 0.6 is 11.3 Å². The van der Waals surface area contributed by atoms with E-state index in [-0.39, 0.29) is 6.04 Å². The molecule has 7 heteroatoms. The molecule has 0 aromatic carbocycles. The van der Waals surface area contributed by atoms with Crippen LogP contribution in [0.2, 0.25) is 0 Å². The van der Waals surface area contributed by atoms with Crippen LogP contribution in [0.3, 0.4) is 0 Å². The molecule has 1 aromatic rings. The summed E-state index contributed by atoms with van der Waals surface area (Å²) in [5.41, 5.74) is 1.20. The Kier molecular flexibility index (Phi) is 5.18. The topological polar surface area (TPSA) is 84.5 Å². The number of aryl methyl sites for hydroxylation is 2. The van der Waals surface area contributed by atoms with Crippen LogP contribution in [0.4, 0.5) is 4.79 Å². The van der Waals surface area contributed by atoms with Crippen LogP contribution in [0.25, 0.3) is 0 Å². The molecule has 2 N–H and O–H groups in total. The monoisotopic (exact) mass is 324 g/mol. The van der Waals surface area contributed by atoms with Gasteiger partial charge in [-0.3, -0.25) is 10.1 Å². The number of urea groups is 1. The molecule has 0 spiro atoms. The first-order valence-corrected chi connectivity index (χ1v) is 8.12. The van der Waals surface area contributed by atoms with Crippen LogP contribution in [0, 0.1) is 0 Å². The van der Waals surface area contributed by atoms with Crippen molar-refractivity contribution in [3.05, 3.63) is 21.4 Å². The molecule has 0 saturated carbocycles. The van der Waals surface area contributed by atoms with Crippen LogP contribution in [0.5, 0.6) is 0 Å². The molecular weight excluding hydrogens is 304 g/mol. The number of ether oxygens (including phenoxy) is 1. The van der Waals surface area contributed by atoms with E-state index in [0.717, 1.165) is 19.3 Å². The molecule has 3 amide bonds. The molecule has 1 atom stereocenters. The van der Waals surface area contributed by atoms with E-state index in [2.05, 4.69) is 10.6 Å². The van der Waals surface area contributed by atoms with E-state index in [9.17, 15) is 14.4 Å². The van der Waals surface area contributed by atoms with E-state index >= 15 is 0 Å². The number of rotatable bonds is 4. The van der Waals surface area contributed by atoms with Crippen molar-refractivity contribution < 1.29 is 19.1 Å². The fourth-order valence-electron chi connectivity index (χ4n) is 2.21. The maximum absolute atomic E-state index is 12.0. The molecule has 0 aliphatic heterocycles. The average molecular weight is 324 g/mol. The highest BCUT2D eigenvalue weighted by atomic mass is 32.1. The van der Waals surface area contributed by atoms with Gasteiger partial charge in [0.1, 0.15) is 4.88 Å². The summed E-state index contributed by atoms with van der Waals surface area (Å²) in [5.74, 6) is -1.16. The van der Waals surface area contributed by atoms with Gasteiger partial charge in [0, 0.05) is 10.9 Å². The number of carbonyl (C=O) groups excluding carboxylic acids is 3. The molecule has 120 valence electrons. The van der Waals surface area contributed by atoms with Crippen LogP contribution in [-0.2, 0) is 22.4 Å². The molecular formula is C15H20N2O4S. The summed E-state index contributed by atoms with van der Waals surface area (Å²) in [4.78, 5) is 37.0. The second-order valence-electron chi connectivity index (χ2n) is 5.58. The molecule has 22 heavy (non-hydrogen) atoms. The smallest absolute Gasteiger partial charge is 0.349 e. The van der Waals surface area contributed by atoms with Gasteiger partial charge < -0.3 is 10.1 Å². The van der Waals surface area contributed by atoms with E-state index in [4.69, 9.17) is 4.74 Å². The summed E-state index contributed by atoms with van der Waals surface area (Å²) in [6, 6.07) is 1.16. The second-order valence-corrected chi connectivity index (χ2v) is 6.71. The minimum atomic E-state index is -1.03. The molecule has 1 heterocycles. The third-order valence-electron chi connectivity index (χ3n) is 3.26. The van der Waals surface area contributed by atoms with Crippen molar-refractivity contribution in [2.75, 3.05) is 0 Å². The van der Waals surface area contributed by atoms with E-state index < -0.39 is 24.0 Å². The fraction of sp³-hybridized carbons (Fsp3) is 0.533. The molecule has 0 bridgehead atoms. The lowest BCUT2D eigenvalue weighted by Gasteiger charge is -2.13. The number of hydrogen-bond acceptors (Lipinski definition) is 5. The van der Waals surface area contributed by atoms with E-state index in [1.807, 2.05) is 6.07 Å². The van der Waals surface area contributed by atoms with E-state index in [1.54, 1.807) is 13.8 Å². The number of fused-ring (bicyclic) bond motifs is 1. The van der Waals surface area contributed by atoms with Gasteiger partial charge in [-0.2, -0.15) is 0 Å². The second kappa shape index (κ2) is 6.91. The average Bonchev–Trinajstić information content (AvgIpc) is 2.97. The van der Waals surface area contributed by atoms with Gasteiger partial charge in [-0.05, 0) is 51.7 Å². The number of esters is 1. The van der Waals surface area contributed by atoms with Crippen molar-refractivity contribution >= 4 is 29.2 Å². The lowest BCUT2D eigenvalue weighted by molar-refractivity contribution is -0.127. The minimum Gasteiger partial charge on any atom is -0.448 e. The SMILES string of the molecule is CC(C)NC(=O)NC(=O)[C@@H](C)OC(=O)c1cc2c(s1)CCC2. The molecule has 1 aliphatic carbocycles. The van der Waals surface area contributed by atoms with Crippen molar-refractivity contribution in [3.63, 3.8) is 0 Å². The zero-order valence-corrected chi connectivity index (χ0v) is 13.7. The normalized spacial score (nSPS) is 14.4. The first kappa shape index (κ1) is 16.5. The Morgan fingerprint density at radius 1 is 1.23 bits per heavy atom.